The largest absolute Gasteiger partial charge is 0.322 e. The van der Waals surface area contributed by atoms with Crippen LogP contribution in [0.3, 0.4) is 0 Å². The molecule has 0 heterocycles. The van der Waals surface area contributed by atoms with E-state index in [4.69, 9.17) is 0 Å². The summed E-state index contributed by atoms with van der Waals surface area (Å²) < 4.78 is 25.2. The quantitative estimate of drug-likeness (QED) is 0.936. The Morgan fingerprint density at radius 1 is 1.00 bits per heavy atom. The first-order valence-electron chi connectivity index (χ1n) is 7.13. The molecule has 0 bridgehead atoms. The number of amides is 1. The van der Waals surface area contributed by atoms with Crippen LogP contribution >= 0.6 is 0 Å². The molecule has 0 aliphatic heterocycles. The Morgan fingerprint density at radius 3 is 2.17 bits per heavy atom. The highest BCUT2D eigenvalue weighted by Gasteiger charge is 2.17. The van der Waals surface area contributed by atoms with Gasteiger partial charge in [0.25, 0.3) is 5.91 Å². The molecule has 0 saturated heterocycles. The van der Waals surface area contributed by atoms with Crippen molar-refractivity contribution in [1.82, 2.24) is 4.31 Å². The number of rotatable bonds is 4. The maximum atomic E-state index is 12.3. The van der Waals surface area contributed by atoms with Crippen molar-refractivity contribution in [3.05, 3.63) is 59.2 Å². The van der Waals surface area contributed by atoms with Crippen LogP contribution in [0.5, 0.6) is 0 Å². The van der Waals surface area contributed by atoms with Gasteiger partial charge in [0, 0.05) is 25.3 Å². The molecule has 5 nitrogen and oxygen atoms in total. The molecule has 0 fully saturated rings. The number of aryl methyl sites for hydroxylation is 1. The van der Waals surface area contributed by atoms with Gasteiger partial charge in [-0.1, -0.05) is 12.1 Å². The van der Waals surface area contributed by atoms with Gasteiger partial charge in [-0.25, -0.2) is 12.7 Å². The number of nitrogens with zero attached hydrogens (tertiary/aromatic N) is 1. The van der Waals surface area contributed by atoms with E-state index < -0.39 is 10.0 Å². The highest BCUT2D eigenvalue weighted by molar-refractivity contribution is 7.89. The molecule has 2 rings (SSSR count). The second-order valence-electron chi connectivity index (χ2n) is 5.51. The summed E-state index contributed by atoms with van der Waals surface area (Å²) in [5.41, 5.74) is 3.26. The second kappa shape index (κ2) is 6.52. The lowest BCUT2D eigenvalue weighted by Crippen LogP contribution is -2.22. The van der Waals surface area contributed by atoms with Crippen LogP contribution in [0.25, 0.3) is 0 Å². The van der Waals surface area contributed by atoms with E-state index in [1.165, 1.54) is 38.4 Å². The number of carbonyl (C=O) groups excluding carboxylic acids is 1. The molecule has 2 aromatic carbocycles. The van der Waals surface area contributed by atoms with Gasteiger partial charge in [-0.2, -0.15) is 0 Å². The SMILES string of the molecule is Cc1cccc(NC(=O)c2ccc(S(=O)(=O)N(C)C)cc2)c1C. The van der Waals surface area contributed by atoms with Crippen molar-refractivity contribution in [2.45, 2.75) is 18.7 Å². The van der Waals surface area contributed by atoms with E-state index in [1.54, 1.807) is 0 Å². The molecule has 0 aliphatic carbocycles. The number of sulfonamides is 1. The van der Waals surface area contributed by atoms with Crippen molar-refractivity contribution in [1.29, 1.82) is 0 Å². The summed E-state index contributed by atoms with van der Waals surface area (Å²) in [6.45, 7) is 3.92. The van der Waals surface area contributed by atoms with E-state index in [-0.39, 0.29) is 10.8 Å². The molecule has 1 N–H and O–H groups in total. The van der Waals surface area contributed by atoms with Crippen LogP contribution in [-0.4, -0.2) is 32.7 Å². The van der Waals surface area contributed by atoms with Gasteiger partial charge in [0.05, 0.1) is 4.90 Å². The third-order valence-corrected chi connectivity index (χ3v) is 5.58. The fourth-order valence-corrected chi connectivity index (χ4v) is 2.97. The van der Waals surface area contributed by atoms with Crippen LogP contribution in [0.2, 0.25) is 0 Å². The summed E-state index contributed by atoms with van der Waals surface area (Å²) >= 11 is 0. The lowest BCUT2D eigenvalue weighted by Gasteiger charge is -2.12. The fraction of sp³-hybridized carbons (Fsp3) is 0.235. The Morgan fingerprint density at radius 2 is 1.61 bits per heavy atom. The normalized spacial score (nSPS) is 11.5. The summed E-state index contributed by atoms with van der Waals surface area (Å²) in [4.78, 5) is 12.5. The Hall–Kier alpha value is -2.18. The zero-order chi connectivity index (χ0) is 17.2. The molecular weight excluding hydrogens is 312 g/mol. The van der Waals surface area contributed by atoms with E-state index in [2.05, 4.69) is 5.32 Å². The maximum absolute atomic E-state index is 12.3. The summed E-state index contributed by atoms with van der Waals surface area (Å²) in [5.74, 6) is -0.271. The van der Waals surface area contributed by atoms with E-state index in [0.717, 1.165) is 21.1 Å². The molecule has 0 aliphatic rings. The molecule has 0 radical (unpaired) electrons. The van der Waals surface area contributed by atoms with E-state index in [9.17, 15) is 13.2 Å². The van der Waals surface area contributed by atoms with Crippen molar-refractivity contribution < 1.29 is 13.2 Å². The first-order valence-corrected chi connectivity index (χ1v) is 8.57. The fourth-order valence-electron chi connectivity index (χ4n) is 2.07. The molecular formula is C17H20N2O3S. The van der Waals surface area contributed by atoms with Crippen LogP contribution in [0, 0.1) is 13.8 Å². The number of benzene rings is 2. The predicted octanol–water partition coefficient (Wildman–Crippen LogP) is 2.81. The molecule has 23 heavy (non-hydrogen) atoms. The number of carbonyl (C=O) groups is 1. The molecule has 0 unspecified atom stereocenters. The molecule has 2 aromatic rings. The molecule has 0 atom stereocenters. The van der Waals surface area contributed by atoms with Crippen molar-refractivity contribution in [2.75, 3.05) is 19.4 Å². The Balaban J connectivity index is 2.23. The van der Waals surface area contributed by atoms with E-state index >= 15 is 0 Å². The minimum atomic E-state index is -3.49. The maximum Gasteiger partial charge on any atom is 0.255 e. The average Bonchev–Trinajstić information content (AvgIpc) is 2.51. The third-order valence-electron chi connectivity index (χ3n) is 3.75. The first-order chi connectivity index (χ1) is 10.7. The number of hydrogen-bond donors (Lipinski definition) is 1. The molecule has 0 aromatic heterocycles. The van der Waals surface area contributed by atoms with Gasteiger partial charge in [-0.3, -0.25) is 4.79 Å². The summed E-state index contributed by atoms with van der Waals surface area (Å²) in [6.07, 6.45) is 0. The predicted molar refractivity (Wildman–Crippen MR) is 91.2 cm³/mol. The lowest BCUT2D eigenvalue weighted by molar-refractivity contribution is 0.102. The Kier molecular flexibility index (Phi) is 4.87. The number of hydrogen-bond acceptors (Lipinski definition) is 3. The highest BCUT2D eigenvalue weighted by atomic mass is 32.2. The number of anilines is 1. The summed E-state index contributed by atoms with van der Waals surface area (Å²) in [6, 6.07) is 11.6. The van der Waals surface area contributed by atoms with Gasteiger partial charge in [0.1, 0.15) is 0 Å². The van der Waals surface area contributed by atoms with Gasteiger partial charge in [-0.05, 0) is 55.3 Å². The highest BCUT2D eigenvalue weighted by Crippen LogP contribution is 2.19. The van der Waals surface area contributed by atoms with Crippen LogP contribution in [0.4, 0.5) is 5.69 Å². The number of nitrogens with one attached hydrogen (secondary N) is 1. The molecule has 1 amide bonds. The van der Waals surface area contributed by atoms with Crippen LogP contribution < -0.4 is 5.32 Å². The van der Waals surface area contributed by atoms with Crippen molar-refractivity contribution in [2.24, 2.45) is 0 Å². The van der Waals surface area contributed by atoms with Gasteiger partial charge < -0.3 is 5.32 Å². The Bertz CT molecular complexity index is 825. The van der Waals surface area contributed by atoms with Crippen molar-refractivity contribution >= 4 is 21.6 Å². The van der Waals surface area contributed by atoms with Crippen molar-refractivity contribution in [3.63, 3.8) is 0 Å². The minimum Gasteiger partial charge on any atom is -0.322 e. The van der Waals surface area contributed by atoms with E-state index in [0.29, 0.717) is 5.56 Å². The monoisotopic (exact) mass is 332 g/mol. The summed E-state index contributed by atoms with van der Waals surface area (Å²) in [5, 5.41) is 2.85. The average molecular weight is 332 g/mol. The smallest absolute Gasteiger partial charge is 0.255 e. The molecule has 0 saturated carbocycles. The zero-order valence-electron chi connectivity index (χ0n) is 13.6. The van der Waals surface area contributed by atoms with Crippen LogP contribution in [-0.2, 0) is 10.0 Å². The van der Waals surface area contributed by atoms with Gasteiger partial charge >= 0.3 is 0 Å². The summed E-state index contributed by atoms with van der Waals surface area (Å²) in [7, 11) is -0.552. The molecule has 122 valence electrons. The first kappa shape index (κ1) is 17.2. The Labute approximate surface area is 137 Å². The topological polar surface area (TPSA) is 66.5 Å². The van der Waals surface area contributed by atoms with Crippen molar-refractivity contribution in [3.8, 4) is 0 Å². The minimum absolute atomic E-state index is 0.158. The second-order valence-corrected chi connectivity index (χ2v) is 7.67. The molecule has 0 spiro atoms. The third kappa shape index (κ3) is 3.60. The van der Waals surface area contributed by atoms with Crippen LogP contribution in [0.1, 0.15) is 21.5 Å². The van der Waals surface area contributed by atoms with Crippen LogP contribution in [0.15, 0.2) is 47.4 Å². The molecule has 6 heteroatoms. The lowest BCUT2D eigenvalue weighted by atomic mass is 10.1. The van der Waals surface area contributed by atoms with Gasteiger partial charge in [0.2, 0.25) is 10.0 Å². The van der Waals surface area contributed by atoms with Gasteiger partial charge in [0.15, 0.2) is 0 Å². The van der Waals surface area contributed by atoms with Gasteiger partial charge in [-0.15, -0.1) is 0 Å². The standard InChI is InChI=1S/C17H20N2O3S/c1-12-6-5-7-16(13(12)2)18-17(20)14-8-10-15(11-9-14)23(21,22)19(3)4/h5-11H,1-4H3,(H,18,20). The zero-order valence-corrected chi connectivity index (χ0v) is 14.4. The van der Waals surface area contributed by atoms with E-state index in [1.807, 2.05) is 32.0 Å².